The second-order valence-electron chi connectivity index (χ2n) is 6.30. The summed E-state index contributed by atoms with van der Waals surface area (Å²) < 4.78 is 39.5. The highest BCUT2D eigenvalue weighted by molar-refractivity contribution is 5.87. The zero-order chi connectivity index (χ0) is 18.9. The fourth-order valence-corrected chi connectivity index (χ4v) is 3.16. The first-order valence-corrected chi connectivity index (χ1v) is 8.65. The summed E-state index contributed by atoms with van der Waals surface area (Å²) in [5, 5.41) is 3.69. The van der Waals surface area contributed by atoms with Crippen molar-refractivity contribution < 1.29 is 13.2 Å². The summed E-state index contributed by atoms with van der Waals surface area (Å²) in [5.74, 6) is 1.01. The summed E-state index contributed by atoms with van der Waals surface area (Å²) >= 11 is 0. The summed E-state index contributed by atoms with van der Waals surface area (Å²) in [5.41, 5.74) is -0.323. The largest absolute Gasteiger partial charge is 0.433 e. The minimum atomic E-state index is -4.51. The Balaban J connectivity index is 1.68. The van der Waals surface area contributed by atoms with Crippen LogP contribution in [0.15, 0.2) is 36.7 Å². The SMILES string of the molecule is FC(F)(F)c1ncccc1CNc1nc(N2CCCC2)nc2ncccc12. The van der Waals surface area contributed by atoms with Gasteiger partial charge in [-0.3, -0.25) is 4.98 Å². The molecule has 9 heteroatoms. The molecule has 1 aliphatic heterocycles. The molecule has 4 heterocycles. The molecule has 0 atom stereocenters. The van der Waals surface area contributed by atoms with Crippen molar-refractivity contribution in [1.82, 2.24) is 19.9 Å². The lowest BCUT2D eigenvalue weighted by molar-refractivity contribution is -0.141. The van der Waals surface area contributed by atoms with E-state index in [0.717, 1.165) is 32.1 Å². The number of fused-ring (bicyclic) bond motifs is 1. The predicted octanol–water partition coefficient (Wildman–Crippen LogP) is 3.65. The number of anilines is 2. The summed E-state index contributed by atoms with van der Waals surface area (Å²) in [6, 6.07) is 6.44. The van der Waals surface area contributed by atoms with Crippen molar-refractivity contribution in [2.75, 3.05) is 23.3 Å². The van der Waals surface area contributed by atoms with Crippen LogP contribution in [0.25, 0.3) is 11.0 Å². The van der Waals surface area contributed by atoms with Gasteiger partial charge in [0.05, 0.1) is 5.39 Å². The van der Waals surface area contributed by atoms with E-state index in [1.165, 1.54) is 12.1 Å². The Kier molecular flexibility index (Phi) is 4.51. The maximum atomic E-state index is 13.2. The van der Waals surface area contributed by atoms with Gasteiger partial charge in [-0.05, 0) is 31.0 Å². The molecule has 3 aromatic heterocycles. The van der Waals surface area contributed by atoms with Gasteiger partial charge in [0.25, 0.3) is 0 Å². The van der Waals surface area contributed by atoms with Crippen LogP contribution in [0.5, 0.6) is 0 Å². The molecule has 0 spiro atoms. The Labute approximate surface area is 153 Å². The Morgan fingerprint density at radius 2 is 1.74 bits per heavy atom. The van der Waals surface area contributed by atoms with Gasteiger partial charge < -0.3 is 10.2 Å². The Bertz CT molecular complexity index is 953. The first-order chi connectivity index (χ1) is 13.0. The van der Waals surface area contributed by atoms with Crippen LogP contribution in [0, 0.1) is 0 Å². The Morgan fingerprint density at radius 1 is 1.00 bits per heavy atom. The maximum Gasteiger partial charge on any atom is 0.433 e. The molecule has 0 aliphatic carbocycles. The monoisotopic (exact) mass is 374 g/mol. The number of aromatic nitrogens is 4. The van der Waals surface area contributed by atoms with Gasteiger partial charge in [0.2, 0.25) is 5.95 Å². The lowest BCUT2D eigenvalue weighted by Crippen LogP contribution is -2.21. The van der Waals surface area contributed by atoms with Gasteiger partial charge in [-0.25, -0.2) is 4.98 Å². The fraction of sp³-hybridized carbons (Fsp3) is 0.333. The van der Waals surface area contributed by atoms with Crippen LogP contribution < -0.4 is 10.2 Å². The van der Waals surface area contributed by atoms with Gasteiger partial charge in [-0.1, -0.05) is 6.07 Å². The molecular weight excluding hydrogens is 357 g/mol. The standard InChI is InChI=1S/C18H17F3N6/c19-18(20,21)14-12(5-3-7-22-14)11-24-16-13-6-4-8-23-15(13)25-17(26-16)27-9-1-2-10-27/h3-8H,1-2,9-11H2,(H,23,24,25,26). The van der Waals surface area contributed by atoms with Crippen LogP contribution in [-0.4, -0.2) is 33.0 Å². The minimum absolute atomic E-state index is 0.0524. The third kappa shape index (κ3) is 3.62. The molecule has 0 aromatic carbocycles. The first kappa shape index (κ1) is 17.4. The zero-order valence-corrected chi connectivity index (χ0v) is 14.4. The summed E-state index contributed by atoms with van der Waals surface area (Å²) in [6.45, 7) is 1.67. The summed E-state index contributed by atoms with van der Waals surface area (Å²) in [7, 11) is 0. The Morgan fingerprint density at radius 3 is 2.52 bits per heavy atom. The fourth-order valence-electron chi connectivity index (χ4n) is 3.16. The van der Waals surface area contributed by atoms with E-state index in [1.54, 1.807) is 18.3 Å². The van der Waals surface area contributed by atoms with Crippen molar-refractivity contribution in [3.63, 3.8) is 0 Å². The van der Waals surface area contributed by atoms with E-state index in [1.807, 2.05) is 0 Å². The van der Waals surface area contributed by atoms with E-state index < -0.39 is 11.9 Å². The third-order valence-corrected chi connectivity index (χ3v) is 4.45. The first-order valence-electron chi connectivity index (χ1n) is 8.65. The number of rotatable bonds is 4. The maximum absolute atomic E-state index is 13.2. The molecule has 4 rings (SSSR count). The van der Waals surface area contributed by atoms with Gasteiger partial charge >= 0.3 is 6.18 Å². The van der Waals surface area contributed by atoms with Crippen molar-refractivity contribution >= 4 is 22.8 Å². The van der Waals surface area contributed by atoms with Gasteiger partial charge in [0, 0.05) is 37.6 Å². The number of pyridine rings is 2. The topological polar surface area (TPSA) is 66.8 Å². The molecule has 6 nitrogen and oxygen atoms in total. The van der Waals surface area contributed by atoms with Crippen LogP contribution in [0.4, 0.5) is 24.9 Å². The highest BCUT2D eigenvalue weighted by atomic mass is 19.4. The lowest BCUT2D eigenvalue weighted by atomic mass is 10.2. The minimum Gasteiger partial charge on any atom is -0.365 e. The molecule has 0 bridgehead atoms. The van der Waals surface area contributed by atoms with E-state index in [0.29, 0.717) is 22.8 Å². The van der Waals surface area contributed by atoms with E-state index in [9.17, 15) is 13.2 Å². The predicted molar refractivity (Wildman–Crippen MR) is 95.3 cm³/mol. The average Bonchev–Trinajstić information content (AvgIpc) is 3.20. The third-order valence-electron chi connectivity index (χ3n) is 4.45. The highest BCUT2D eigenvalue weighted by Gasteiger charge is 2.34. The molecule has 27 heavy (non-hydrogen) atoms. The van der Waals surface area contributed by atoms with E-state index in [-0.39, 0.29) is 12.1 Å². The van der Waals surface area contributed by atoms with Gasteiger partial charge in [-0.2, -0.15) is 23.1 Å². The molecule has 0 saturated carbocycles. The highest BCUT2D eigenvalue weighted by Crippen LogP contribution is 2.31. The molecule has 0 radical (unpaired) electrons. The van der Waals surface area contributed by atoms with Gasteiger partial charge in [0.1, 0.15) is 11.5 Å². The van der Waals surface area contributed by atoms with Crippen LogP contribution in [0.3, 0.4) is 0 Å². The van der Waals surface area contributed by atoms with E-state index in [2.05, 4.69) is 30.2 Å². The molecule has 1 aliphatic rings. The summed E-state index contributed by atoms with van der Waals surface area (Å²) in [4.78, 5) is 18.9. The van der Waals surface area contributed by atoms with Crippen molar-refractivity contribution in [2.45, 2.75) is 25.6 Å². The second kappa shape index (κ2) is 6.98. The van der Waals surface area contributed by atoms with Crippen molar-refractivity contribution in [2.24, 2.45) is 0 Å². The van der Waals surface area contributed by atoms with Crippen LogP contribution in [0.1, 0.15) is 24.1 Å². The van der Waals surface area contributed by atoms with Gasteiger partial charge in [-0.15, -0.1) is 0 Å². The average molecular weight is 374 g/mol. The van der Waals surface area contributed by atoms with E-state index in [4.69, 9.17) is 0 Å². The molecule has 0 unspecified atom stereocenters. The zero-order valence-electron chi connectivity index (χ0n) is 14.4. The molecular formula is C18H17F3N6. The number of nitrogens with zero attached hydrogens (tertiary/aromatic N) is 5. The number of hydrogen-bond acceptors (Lipinski definition) is 6. The quantitative estimate of drug-likeness (QED) is 0.752. The number of halogens is 3. The Hall–Kier alpha value is -2.97. The van der Waals surface area contributed by atoms with Crippen molar-refractivity contribution in [3.8, 4) is 0 Å². The number of nitrogens with one attached hydrogen (secondary N) is 1. The molecule has 140 valence electrons. The van der Waals surface area contributed by atoms with E-state index >= 15 is 0 Å². The van der Waals surface area contributed by atoms with Crippen LogP contribution in [0.2, 0.25) is 0 Å². The second-order valence-corrected chi connectivity index (χ2v) is 6.30. The normalized spacial score (nSPS) is 14.7. The van der Waals surface area contributed by atoms with Crippen molar-refractivity contribution in [1.29, 1.82) is 0 Å². The van der Waals surface area contributed by atoms with Crippen LogP contribution >= 0.6 is 0 Å². The molecule has 1 N–H and O–H groups in total. The molecule has 1 saturated heterocycles. The van der Waals surface area contributed by atoms with Crippen LogP contribution in [-0.2, 0) is 12.7 Å². The lowest BCUT2D eigenvalue weighted by Gasteiger charge is -2.18. The summed E-state index contributed by atoms with van der Waals surface area (Å²) in [6.07, 6.45) is 0.403. The van der Waals surface area contributed by atoms with Crippen molar-refractivity contribution in [3.05, 3.63) is 47.9 Å². The number of alkyl halides is 3. The van der Waals surface area contributed by atoms with Gasteiger partial charge in [0.15, 0.2) is 5.65 Å². The molecule has 1 fully saturated rings. The molecule has 0 amide bonds. The number of hydrogen-bond donors (Lipinski definition) is 1. The smallest absolute Gasteiger partial charge is 0.365 e. The molecule has 3 aromatic rings.